The van der Waals surface area contributed by atoms with Gasteiger partial charge in [0, 0.05) is 25.2 Å². The lowest BCUT2D eigenvalue weighted by Gasteiger charge is -2.21. The molecule has 1 atom stereocenters. The van der Waals surface area contributed by atoms with Crippen LogP contribution >= 0.6 is 0 Å². The van der Waals surface area contributed by atoms with Gasteiger partial charge in [0.25, 0.3) is 5.91 Å². The van der Waals surface area contributed by atoms with Crippen LogP contribution in [0.2, 0.25) is 0 Å². The fourth-order valence-electron chi connectivity index (χ4n) is 2.36. The van der Waals surface area contributed by atoms with Crippen molar-refractivity contribution in [3.63, 3.8) is 0 Å². The van der Waals surface area contributed by atoms with Crippen LogP contribution in [0.5, 0.6) is 11.5 Å². The molecule has 0 spiro atoms. The number of amides is 1. The smallest absolute Gasteiger partial charge is 0.268 e. The summed E-state index contributed by atoms with van der Waals surface area (Å²) >= 11 is 0. The first-order valence-corrected chi connectivity index (χ1v) is 6.46. The number of para-hydroxylation sites is 1. The van der Waals surface area contributed by atoms with Crippen LogP contribution < -0.4 is 9.64 Å². The zero-order valence-corrected chi connectivity index (χ0v) is 11.1. The van der Waals surface area contributed by atoms with Gasteiger partial charge in [0.1, 0.15) is 11.5 Å². The number of phenolic OH excluding ortho intramolecular Hbond substituents is 1. The number of phenols is 1. The molecular formula is C16H15NO3. The van der Waals surface area contributed by atoms with E-state index in [1.54, 1.807) is 31.3 Å². The van der Waals surface area contributed by atoms with Crippen molar-refractivity contribution in [3.8, 4) is 11.5 Å². The third kappa shape index (κ3) is 2.20. The first-order valence-electron chi connectivity index (χ1n) is 6.46. The number of aromatic hydroxyl groups is 1. The molecule has 102 valence electrons. The lowest BCUT2D eigenvalue weighted by Crippen LogP contribution is -2.39. The highest BCUT2D eigenvalue weighted by atomic mass is 16.5. The van der Waals surface area contributed by atoms with Crippen molar-refractivity contribution in [1.29, 1.82) is 0 Å². The van der Waals surface area contributed by atoms with E-state index in [1.165, 1.54) is 4.90 Å². The number of anilines is 1. The Balaban J connectivity index is 1.78. The highest BCUT2D eigenvalue weighted by Crippen LogP contribution is 2.30. The van der Waals surface area contributed by atoms with Gasteiger partial charge in [-0.3, -0.25) is 4.79 Å². The van der Waals surface area contributed by atoms with E-state index in [-0.39, 0.29) is 11.7 Å². The van der Waals surface area contributed by atoms with Crippen LogP contribution in [0.3, 0.4) is 0 Å². The number of ether oxygens (including phenoxy) is 1. The van der Waals surface area contributed by atoms with Gasteiger partial charge in [-0.1, -0.05) is 24.3 Å². The fourth-order valence-corrected chi connectivity index (χ4v) is 2.36. The monoisotopic (exact) mass is 269 g/mol. The predicted molar refractivity (Wildman–Crippen MR) is 76.1 cm³/mol. The van der Waals surface area contributed by atoms with Crippen molar-refractivity contribution in [2.75, 3.05) is 11.9 Å². The molecule has 0 aliphatic carbocycles. The Morgan fingerprint density at radius 1 is 1.25 bits per heavy atom. The standard InChI is InChI=1S/C16H15NO3/c1-17(12-6-4-7-13(18)10-12)16(19)15-9-11-5-2-3-8-14(11)20-15/h2-8,10,15,18H,9H2,1H3. The maximum Gasteiger partial charge on any atom is 0.268 e. The van der Waals surface area contributed by atoms with Crippen LogP contribution in [0.1, 0.15) is 5.56 Å². The molecule has 3 rings (SSSR count). The lowest BCUT2D eigenvalue weighted by atomic mass is 10.1. The first-order chi connectivity index (χ1) is 9.65. The second-order valence-electron chi connectivity index (χ2n) is 4.84. The number of fused-ring (bicyclic) bond motifs is 1. The number of carbonyl (C=O) groups is 1. The lowest BCUT2D eigenvalue weighted by molar-refractivity contribution is -0.124. The third-order valence-electron chi connectivity index (χ3n) is 3.47. The van der Waals surface area contributed by atoms with Gasteiger partial charge in [-0.05, 0) is 23.8 Å². The topological polar surface area (TPSA) is 49.8 Å². The second-order valence-corrected chi connectivity index (χ2v) is 4.84. The van der Waals surface area contributed by atoms with Gasteiger partial charge in [0.2, 0.25) is 0 Å². The maximum atomic E-state index is 12.4. The van der Waals surface area contributed by atoms with Crippen LogP contribution in [-0.4, -0.2) is 24.2 Å². The Morgan fingerprint density at radius 3 is 2.80 bits per heavy atom. The molecule has 0 bridgehead atoms. The van der Waals surface area contributed by atoms with Gasteiger partial charge >= 0.3 is 0 Å². The van der Waals surface area contributed by atoms with Crippen molar-refractivity contribution >= 4 is 11.6 Å². The molecule has 1 amide bonds. The maximum absolute atomic E-state index is 12.4. The van der Waals surface area contributed by atoms with E-state index in [0.717, 1.165) is 11.3 Å². The van der Waals surface area contributed by atoms with Crippen molar-refractivity contribution in [2.45, 2.75) is 12.5 Å². The van der Waals surface area contributed by atoms with Crippen LogP contribution in [0.15, 0.2) is 48.5 Å². The number of nitrogens with zero attached hydrogens (tertiary/aromatic N) is 1. The zero-order chi connectivity index (χ0) is 14.1. The van der Waals surface area contributed by atoms with Crippen molar-refractivity contribution < 1.29 is 14.6 Å². The van der Waals surface area contributed by atoms with Crippen molar-refractivity contribution in [3.05, 3.63) is 54.1 Å². The van der Waals surface area contributed by atoms with Crippen molar-refractivity contribution in [2.24, 2.45) is 0 Å². The number of rotatable bonds is 2. The van der Waals surface area contributed by atoms with Crippen LogP contribution in [0, 0.1) is 0 Å². The molecule has 0 aromatic heterocycles. The molecule has 1 heterocycles. The Morgan fingerprint density at radius 2 is 2.05 bits per heavy atom. The third-order valence-corrected chi connectivity index (χ3v) is 3.47. The molecule has 1 unspecified atom stereocenters. The Labute approximate surface area is 117 Å². The molecule has 0 saturated heterocycles. The highest BCUT2D eigenvalue weighted by Gasteiger charge is 2.31. The van der Waals surface area contributed by atoms with E-state index in [4.69, 9.17) is 4.74 Å². The molecule has 2 aromatic rings. The van der Waals surface area contributed by atoms with Gasteiger partial charge < -0.3 is 14.7 Å². The quantitative estimate of drug-likeness (QED) is 0.910. The highest BCUT2D eigenvalue weighted by molar-refractivity contribution is 5.97. The molecule has 0 saturated carbocycles. The Kier molecular flexibility index (Phi) is 3.06. The van der Waals surface area contributed by atoms with Gasteiger partial charge in [-0.15, -0.1) is 0 Å². The predicted octanol–water partition coefficient (Wildman–Crippen LogP) is 2.36. The van der Waals surface area contributed by atoms with E-state index in [0.29, 0.717) is 12.1 Å². The molecule has 4 heteroatoms. The van der Waals surface area contributed by atoms with E-state index in [1.807, 2.05) is 24.3 Å². The summed E-state index contributed by atoms with van der Waals surface area (Å²) in [6, 6.07) is 14.3. The SMILES string of the molecule is CN(C(=O)C1Cc2ccccc2O1)c1cccc(O)c1. The Bertz CT molecular complexity index is 629. The van der Waals surface area contributed by atoms with E-state index >= 15 is 0 Å². The number of hydrogen-bond acceptors (Lipinski definition) is 3. The van der Waals surface area contributed by atoms with Gasteiger partial charge in [0.15, 0.2) is 6.10 Å². The minimum absolute atomic E-state index is 0.119. The summed E-state index contributed by atoms with van der Waals surface area (Å²) in [6.07, 6.45) is 0.0813. The molecule has 1 aliphatic rings. The van der Waals surface area contributed by atoms with Crippen LogP contribution in [0.4, 0.5) is 5.69 Å². The van der Waals surface area contributed by atoms with Gasteiger partial charge in [-0.25, -0.2) is 0 Å². The normalized spacial score (nSPS) is 16.4. The van der Waals surface area contributed by atoms with Crippen molar-refractivity contribution in [1.82, 2.24) is 0 Å². The molecule has 1 N–H and O–H groups in total. The summed E-state index contributed by atoms with van der Waals surface area (Å²) in [5.41, 5.74) is 1.70. The minimum atomic E-state index is -0.500. The number of carbonyl (C=O) groups excluding carboxylic acids is 1. The average Bonchev–Trinajstić information content (AvgIpc) is 2.89. The summed E-state index contributed by atoms with van der Waals surface area (Å²) in [5.74, 6) is 0.791. The zero-order valence-electron chi connectivity index (χ0n) is 11.1. The molecular weight excluding hydrogens is 254 g/mol. The molecule has 0 radical (unpaired) electrons. The van der Waals surface area contributed by atoms with E-state index in [9.17, 15) is 9.90 Å². The summed E-state index contributed by atoms with van der Waals surface area (Å²) < 4.78 is 5.69. The van der Waals surface area contributed by atoms with Crippen LogP contribution in [-0.2, 0) is 11.2 Å². The summed E-state index contributed by atoms with van der Waals surface area (Å²) in [6.45, 7) is 0. The number of benzene rings is 2. The summed E-state index contributed by atoms with van der Waals surface area (Å²) in [4.78, 5) is 14.0. The summed E-state index contributed by atoms with van der Waals surface area (Å²) in [7, 11) is 1.68. The first kappa shape index (κ1) is 12.5. The number of likely N-dealkylation sites (N-methyl/N-ethyl adjacent to an activating group) is 1. The minimum Gasteiger partial charge on any atom is -0.508 e. The average molecular weight is 269 g/mol. The van der Waals surface area contributed by atoms with E-state index in [2.05, 4.69) is 0 Å². The summed E-state index contributed by atoms with van der Waals surface area (Å²) in [5, 5.41) is 9.48. The molecule has 1 aliphatic heterocycles. The fraction of sp³-hybridized carbons (Fsp3) is 0.188. The second kappa shape index (κ2) is 4.89. The largest absolute Gasteiger partial charge is 0.508 e. The molecule has 4 nitrogen and oxygen atoms in total. The molecule has 20 heavy (non-hydrogen) atoms. The van der Waals surface area contributed by atoms with Crippen LogP contribution in [0.25, 0.3) is 0 Å². The molecule has 2 aromatic carbocycles. The number of hydrogen-bond donors (Lipinski definition) is 1. The van der Waals surface area contributed by atoms with Gasteiger partial charge in [0.05, 0.1) is 0 Å². The Hall–Kier alpha value is -2.49. The van der Waals surface area contributed by atoms with Gasteiger partial charge in [-0.2, -0.15) is 0 Å². The molecule has 0 fully saturated rings. The van der Waals surface area contributed by atoms with E-state index < -0.39 is 6.10 Å².